The molecular weight excluding hydrogens is 308 g/mol. The molecule has 1 aromatic rings. The van der Waals surface area contributed by atoms with Gasteiger partial charge in [0.2, 0.25) is 5.91 Å². The molecule has 2 rings (SSSR count). The minimum absolute atomic E-state index is 0.0537. The van der Waals surface area contributed by atoms with E-state index in [0.29, 0.717) is 18.9 Å². The molecule has 1 amide bonds. The van der Waals surface area contributed by atoms with E-state index in [9.17, 15) is 4.79 Å². The van der Waals surface area contributed by atoms with Crippen molar-refractivity contribution in [3.63, 3.8) is 0 Å². The first-order chi connectivity index (χ1) is 9.04. The van der Waals surface area contributed by atoms with Crippen molar-refractivity contribution in [2.24, 2.45) is 0 Å². The molecule has 19 heavy (non-hydrogen) atoms. The summed E-state index contributed by atoms with van der Waals surface area (Å²) in [5.74, 6) is 2.24. The standard InChI is InChI=1S/C13H19BrN4O/c1-8(2)16-12(19)5-6-15-11-7-10(14)17-13(18-11)9-3-4-9/h7-9H,3-6H2,1-2H3,(H,16,19)(H,15,17,18). The van der Waals surface area contributed by atoms with Crippen molar-refractivity contribution in [1.29, 1.82) is 0 Å². The van der Waals surface area contributed by atoms with Crippen LogP contribution < -0.4 is 10.6 Å². The lowest BCUT2D eigenvalue weighted by Crippen LogP contribution is -2.31. The Balaban J connectivity index is 1.84. The summed E-state index contributed by atoms with van der Waals surface area (Å²) in [6.07, 6.45) is 2.79. The second-order valence-corrected chi connectivity index (χ2v) is 5.92. The van der Waals surface area contributed by atoms with Crippen LogP contribution in [-0.2, 0) is 4.79 Å². The molecule has 104 valence electrons. The Labute approximate surface area is 121 Å². The summed E-state index contributed by atoms with van der Waals surface area (Å²) in [5, 5.41) is 6.03. The first-order valence-electron chi connectivity index (χ1n) is 6.62. The number of rotatable bonds is 6. The van der Waals surface area contributed by atoms with E-state index < -0.39 is 0 Å². The van der Waals surface area contributed by atoms with E-state index in [0.717, 1.165) is 16.2 Å². The van der Waals surface area contributed by atoms with Gasteiger partial charge in [0.05, 0.1) is 0 Å². The van der Waals surface area contributed by atoms with Crippen LogP contribution in [0.2, 0.25) is 0 Å². The number of carbonyl (C=O) groups is 1. The number of hydrogen-bond acceptors (Lipinski definition) is 4. The fourth-order valence-corrected chi connectivity index (χ4v) is 2.15. The van der Waals surface area contributed by atoms with Crippen LogP contribution >= 0.6 is 15.9 Å². The Kier molecular flexibility index (Phi) is 4.74. The van der Waals surface area contributed by atoms with Gasteiger partial charge < -0.3 is 10.6 Å². The highest BCUT2D eigenvalue weighted by molar-refractivity contribution is 9.10. The van der Waals surface area contributed by atoms with Crippen molar-refractivity contribution in [2.75, 3.05) is 11.9 Å². The van der Waals surface area contributed by atoms with Gasteiger partial charge in [0, 0.05) is 31.0 Å². The summed E-state index contributed by atoms with van der Waals surface area (Å²) in [4.78, 5) is 20.3. The molecule has 1 aliphatic rings. The highest BCUT2D eigenvalue weighted by atomic mass is 79.9. The maximum Gasteiger partial charge on any atom is 0.221 e. The molecule has 0 aromatic carbocycles. The summed E-state index contributed by atoms with van der Waals surface area (Å²) < 4.78 is 0.790. The molecule has 1 aliphatic carbocycles. The van der Waals surface area contributed by atoms with Crippen molar-refractivity contribution < 1.29 is 4.79 Å². The van der Waals surface area contributed by atoms with Crippen LogP contribution in [0.3, 0.4) is 0 Å². The highest BCUT2D eigenvalue weighted by Crippen LogP contribution is 2.38. The lowest BCUT2D eigenvalue weighted by atomic mass is 10.3. The van der Waals surface area contributed by atoms with Crippen LogP contribution in [0.15, 0.2) is 10.7 Å². The van der Waals surface area contributed by atoms with Gasteiger partial charge in [-0.1, -0.05) is 0 Å². The first-order valence-corrected chi connectivity index (χ1v) is 7.41. The molecule has 0 bridgehead atoms. The lowest BCUT2D eigenvalue weighted by molar-refractivity contribution is -0.121. The Hall–Kier alpha value is -1.17. The van der Waals surface area contributed by atoms with Crippen LogP contribution in [0, 0.1) is 0 Å². The van der Waals surface area contributed by atoms with E-state index in [4.69, 9.17) is 0 Å². The van der Waals surface area contributed by atoms with Gasteiger partial charge in [-0.15, -0.1) is 0 Å². The van der Waals surface area contributed by atoms with Crippen LogP contribution in [0.4, 0.5) is 5.82 Å². The third kappa shape index (κ3) is 4.78. The van der Waals surface area contributed by atoms with Crippen LogP contribution in [0.1, 0.15) is 44.9 Å². The lowest BCUT2D eigenvalue weighted by Gasteiger charge is -2.10. The molecule has 2 N–H and O–H groups in total. The van der Waals surface area contributed by atoms with Crippen molar-refractivity contribution in [1.82, 2.24) is 15.3 Å². The van der Waals surface area contributed by atoms with Gasteiger partial charge in [0.25, 0.3) is 0 Å². The van der Waals surface area contributed by atoms with Crippen LogP contribution in [-0.4, -0.2) is 28.5 Å². The van der Waals surface area contributed by atoms with Gasteiger partial charge in [-0.2, -0.15) is 0 Å². The number of aromatic nitrogens is 2. The molecule has 1 fully saturated rings. The largest absolute Gasteiger partial charge is 0.369 e. The maximum absolute atomic E-state index is 11.5. The Bertz CT molecular complexity index is 460. The number of carbonyl (C=O) groups excluding carboxylic acids is 1. The molecule has 1 heterocycles. The van der Waals surface area contributed by atoms with Crippen LogP contribution in [0.5, 0.6) is 0 Å². The molecular formula is C13H19BrN4O. The predicted octanol–water partition coefficient (Wildman–Crippen LogP) is 2.44. The van der Waals surface area contributed by atoms with E-state index in [1.165, 1.54) is 12.8 Å². The van der Waals surface area contributed by atoms with Crippen molar-refractivity contribution in [2.45, 2.75) is 45.1 Å². The quantitative estimate of drug-likeness (QED) is 0.788. The minimum atomic E-state index is 0.0537. The van der Waals surface area contributed by atoms with E-state index in [1.807, 2.05) is 19.9 Å². The highest BCUT2D eigenvalue weighted by Gasteiger charge is 2.27. The second-order valence-electron chi connectivity index (χ2n) is 5.11. The summed E-state index contributed by atoms with van der Waals surface area (Å²) >= 11 is 3.39. The number of halogens is 1. The number of anilines is 1. The summed E-state index contributed by atoms with van der Waals surface area (Å²) in [7, 11) is 0. The zero-order valence-electron chi connectivity index (χ0n) is 11.2. The molecule has 0 aliphatic heterocycles. The molecule has 0 radical (unpaired) electrons. The number of nitrogens with zero attached hydrogens (tertiary/aromatic N) is 2. The van der Waals surface area contributed by atoms with Gasteiger partial charge in [0.15, 0.2) is 0 Å². The SMILES string of the molecule is CC(C)NC(=O)CCNc1cc(Br)nc(C2CC2)n1. The Morgan fingerprint density at radius 3 is 2.84 bits per heavy atom. The van der Waals surface area contributed by atoms with E-state index in [2.05, 4.69) is 36.5 Å². The van der Waals surface area contributed by atoms with Crippen molar-refractivity contribution >= 4 is 27.7 Å². The zero-order valence-corrected chi connectivity index (χ0v) is 12.8. The number of amides is 1. The molecule has 1 aromatic heterocycles. The summed E-state index contributed by atoms with van der Waals surface area (Å²) in [6, 6.07) is 2.02. The molecule has 6 heteroatoms. The molecule has 1 saturated carbocycles. The minimum Gasteiger partial charge on any atom is -0.369 e. The molecule has 0 saturated heterocycles. The average Bonchev–Trinajstić information content (AvgIpc) is 3.10. The van der Waals surface area contributed by atoms with E-state index in [1.54, 1.807) is 0 Å². The normalized spacial score (nSPS) is 14.5. The fraction of sp³-hybridized carbons (Fsp3) is 0.615. The van der Waals surface area contributed by atoms with Crippen molar-refractivity contribution in [3.05, 3.63) is 16.5 Å². The van der Waals surface area contributed by atoms with Gasteiger partial charge in [-0.3, -0.25) is 4.79 Å². The third-order valence-corrected chi connectivity index (χ3v) is 3.17. The Morgan fingerprint density at radius 2 is 2.21 bits per heavy atom. The summed E-state index contributed by atoms with van der Waals surface area (Å²) in [5.41, 5.74) is 0. The van der Waals surface area contributed by atoms with E-state index in [-0.39, 0.29) is 11.9 Å². The summed E-state index contributed by atoms with van der Waals surface area (Å²) in [6.45, 7) is 4.48. The predicted molar refractivity (Wildman–Crippen MR) is 78.1 cm³/mol. The Morgan fingerprint density at radius 1 is 1.47 bits per heavy atom. The monoisotopic (exact) mass is 326 g/mol. The van der Waals surface area contributed by atoms with Gasteiger partial charge >= 0.3 is 0 Å². The maximum atomic E-state index is 11.5. The topological polar surface area (TPSA) is 66.9 Å². The first kappa shape index (κ1) is 14.2. The molecule has 0 spiro atoms. The van der Waals surface area contributed by atoms with E-state index >= 15 is 0 Å². The van der Waals surface area contributed by atoms with Gasteiger partial charge in [-0.25, -0.2) is 9.97 Å². The zero-order chi connectivity index (χ0) is 13.8. The number of nitrogens with one attached hydrogen (secondary N) is 2. The number of hydrogen-bond donors (Lipinski definition) is 2. The molecule has 0 atom stereocenters. The average molecular weight is 327 g/mol. The van der Waals surface area contributed by atoms with Gasteiger partial charge in [0.1, 0.15) is 16.2 Å². The fourth-order valence-electron chi connectivity index (χ4n) is 1.75. The molecule has 0 unspecified atom stereocenters. The molecule has 5 nitrogen and oxygen atoms in total. The smallest absolute Gasteiger partial charge is 0.221 e. The van der Waals surface area contributed by atoms with Crippen LogP contribution in [0.25, 0.3) is 0 Å². The second kappa shape index (κ2) is 6.32. The van der Waals surface area contributed by atoms with Gasteiger partial charge in [-0.05, 0) is 42.6 Å². The third-order valence-electron chi connectivity index (χ3n) is 2.76. The van der Waals surface area contributed by atoms with Crippen molar-refractivity contribution in [3.8, 4) is 0 Å².